The number of amides is 1. The maximum absolute atomic E-state index is 13.4. The van der Waals surface area contributed by atoms with Crippen molar-refractivity contribution in [3.8, 4) is 0 Å². The highest BCUT2D eigenvalue weighted by Gasteiger charge is 2.30. The molecule has 3 aromatic carbocycles. The van der Waals surface area contributed by atoms with Crippen molar-refractivity contribution in [3.63, 3.8) is 0 Å². The minimum absolute atomic E-state index is 0.0643. The Hall–Kier alpha value is -3.49. The Labute approximate surface area is 206 Å². The van der Waals surface area contributed by atoms with Gasteiger partial charge in [0.15, 0.2) is 0 Å². The monoisotopic (exact) mass is 493 g/mol. The number of carbonyl (C=O) groups excluding carboxylic acids is 1. The molecule has 0 bridgehead atoms. The van der Waals surface area contributed by atoms with Gasteiger partial charge in [-0.05, 0) is 42.0 Å². The highest BCUT2D eigenvalue weighted by molar-refractivity contribution is 7.92. The summed E-state index contributed by atoms with van der Waals surface area (Å²) in [5, 5.41) is 0. The first-order valence-corrected chi connectivity index (χ1v) is 12.9. The van der Waals surface area contributed by atoms with Crippen LogP contribution in [-0.2, 0) is 14.8 Å². The molecule has 4 rings (SSSR count). The van der Waals surface area contributed by atoms with Crippen LogP contribution in [0, 0.1) is 5.82 Å². The number of sulfonamides is 1. The number of hydrogen-bond donors (Lipinski definition) is 0. The molecule has 0 unspecified atom stereocenters. The van der Waals surface area contributed by atoms with Crippen molar-refractivity contribution in [2.75, 3.05) is 43.6 Å². The van der Waals surface area contributed by atoms with Crippen molar-refractivity contribution in [1.82, 2.24) is 9.80 Å². The Kier molecular flexibility index (Phi) is 7.94. The standard InChI is InChI=1S/C27H28FN3O3S/c28-24-13-15-26(16-14-24)35(33,34)31(25-11-5-2-6-12-25)22-27(32)30-20-18-29(19-21-30)17-7-10-23-8-3-1-4-9-23/h1-16H,17-22H2/b10-7+. The van der Waals surface area contributed by atoms with E-state index in [4.69, 9.17) is 0 Å². The quantitative estimate of drug-likeness (QED) is 0.478. The topological polar surface area (TPSA) is 60.9 Å². The summed E-state index contributed by atoms with van der Waals surface area (Å²) in [5.74, 6) is -0.790. The van der Waals surface area contributed by atoms with Gasteiger partial charge >= 0.3 is 0 Å². The Bertz CT molecular complexity index is 1240. The third-order valence-electron chi connectivity index (χ3n) is 5.92. The second kappa shape index (κ2) is 11.3. The number of rotatable bonds is 8. The number of anilines is 1. The van der Waals surface area contributed by atoms with Crippen LogP contribution in [0.3, 0.4) is 0 Å². The largest absolute Gasteiger partial charge is 0.339 e. The Morgan fingerprint density at radius 3 is 2.09 bits per heavy atom. The van der Waals surface area contributed by atoms with E-state index in [1.54, 1.807) is 35.2 Å². The Balaban J connectivity index is 1.40. The summed E-state index contributed by atoms with van der Waals surface area (Å²) in [6, 6.07) is 23.2. The summed E-state index contributed by atoms with van der Waals surface area (Å²) < 4.78 is 41.2. The number of carbonyl (C=O) groups is 1. The molecule has 1 saturated heterocycles. The second-order valence-electron chi connectivity index (χ2n) is 8.30. The zero-order chi connectivity index (χ0) is 24.7. The van der Waals surface area contributed by atoms with Crippen molar-refractivity contribution in [1.29, 1.82) is 0 Å². The lowest BCUT2D eigenvalue weighted by Gasteiger charge is -2.35. The van der Waals surface area contributed by atoms with Crippen LogP contribution < -0.4 is 4.31 Å². The Morgan fingerprint density at radius 2 is 1.46 bits per heavy atom. The molecule has 0 aromatic heterocycles. The molecule has 0 saturated carbocycles. The van der Waals surface area contributed by atoms with Gasteiger partial charge in [-0.25, -0.2) is 12.8 Å². The molecule has 1 fully saturated rings. The van der Waals surface area contributed by atoms with Gasteiger partial charge in [0.1, 0.15) is 12.4 Å². The molecule has 0 spiro atoms. The number of hydrogen-bond acceptors (Lipinski definition) is 4. The van der Waals surface area contributed by atoms with E-state index in [-0.39, 0.29) is 17.3 Å². The van der Waals surface area contributed by atoms with E-state index in [1.165, 1.54) is 12.1 Å². The van der Waals surface area contributed by atoms with E-state index in [1.807, 2.05) is 30.3 Å². The molecule has 35 heavy (non-hydrogen) atoms. The highest BCUT2D eigenvalue weighted by atomic mass is 32.2. The summed E-state index contributed by atoms with van der Waals surface area (Å²) in [5.41, 5.74) is 1.53. The van der Waals surface area contributed by atoms with Crippen LogP contribution in [0.2, 0.25) is 0 Å². The molecule has 0 N–H and O–H groups in total. The first kappa shape index (κ1) is 24.6. The zero-order valence-corrected chi connectivity index (χ0v) is 20.1. The predicted molar refractivity (Wildman–Crippen MR) is 136 cm³/mol. The van der Waals surface area contributed by atoms with Crippen LogP contribution in [0.15, 0.2) is 95.9 Å². The van der Waals surface area contributed by atoms with E-state index in [0.29, 0.717) is 31.9 Å². The second-order valence-corrected chi connectivity index (χ2v) is 10.2. The fraction of sp³-hybridized carbons (Fsp3) is 0.222. The third-order valence-corrected chi connectivity index (χ3v) is 7.71. The first-order valence-electron chi connectivity index (χ1n) is 11.5. The SMILES string of the molecule is O=C(CN(c1ccccc1)S(=O)(=O)c1ccc(F)cc1)N1CCN(C/C=C/c2ccccc2)CC1. The summed E-state index contributed by atoms with van der Waals surface area (Å²) in [7, 11) is -4.05. The van der Waals surface area contributed by atoms with Crippen LogP contribution in [0.25, 0.3) is 6.08 Å². The first-order chi connectivity index (χ1) is 16.9. The van der Waals surface area contributed by atoms with Gasteiger partial charge < -0.3 is 4.90 Å². The highest BCUT2D eigenvalue weighted by Crippen LogP contribution is 2.24. The maximum Gasteiger partial charge on any atom is 0.264 e. The molecule has 0 radical (unpaired) electrons. The fourth-order valence-electron chi connectivity index (χ4n) is 3.95. The fourth-order valence-corrected chi connectivity index (χ4v) is 5.36. The summed E-state index contributed by atoms with van der Waals surface area (Å²) in [6.45, 7) is 2.93. The van der Waals surface area contributed by atoms with E-state index < -0.39 is 15.8 Å². The molecule has 0 atom stereocenters. The minimum atomic E-state index is -4.05. The van der Waals surface area contributed by atoms with E-state index in [0.717, 1.165) is 28.5 Å². The number of halogens is 1. The van der Waals surface area contributed by atoms with Crippen molar-refractivity contribution in [2.45, 2.75) is 4.90 Å². The van der Waals surface area contributed by atoms with Gasteiger partial charge in [-0.1, -0.05) is 60.7 Å². The molecule has 1 amide bonds. The van der Waals surface area contributed by atoms with Crippen molar-refractivity contribution < 1.29 is 17.6 Å². The van der Waals surface area contributed by atoms with Gasteiger partial charge in [-0.2, -0.15) is 0 Å². The summed E-state index contributed by atoms with van der Waals surface area (Å²) in [4.78, 5) is 17.0. The van der Waals surface area contributed by atoms with Gasteiger partial charge in [0.05, 0.1) is 10.6 Å². The predicted octanol–water partition coefficient (Wildman–Crippen LogP) is 3.88. The van der Waals surface area contributed by atoms with Gasteiger partial charge in [0.25, 0.3) is 10.0 Å². The van der Waals surface area contributed by atoms with E-state index >= 15 is 0 Å². The van der Waals surface area contributed by atoms with E-state index in [9.17, 15) is 17.6 Å². The van der Waals surface area contributed by atoms with E-state index in [2.05, 4.69) is 17.1 Å². The Morgan fingerprint density at radius 1 is 0.857 bits per heavy atom. The maximum atomic E-state index is 13.4. The molecule has 182 valence electrons. The van der Waals surface area contributed by atoms with Gasteiger partial charge in [-0.15, -0.1) is 0 Å². The van der Waals surface area contributed by atoms with Gasteiger partial charge in [0, 0.05) is 32.7 Å². The van der Waals surface area contributed by atoms with Gasteiger partial charge in [-0.3, -0.25) is 14.0 Å². The molecule has 1 aliphatic rings. The average Bonchev–Trinajstić information content (AvgIpc) is 2.89. The van der Waals surface area contributed by atoms with Crippen molar-refractivity contribution in [2.24, 2.45) is 0 Å². The van der Waals surface area contributed by atoms with Crippen molar-refractivity contribution in [3.05, 3.63) is 102 Å². The van der Waals surface area contributed by atoms with Crippen LogP contribution in [-0.4, -0.2) is 63.4 Å². The number of benzene rings is 3. The third kappa shape index (κ3) is 6.35. The molecule has 6 nitrogen and oxygen atoms in total. The average molecular weight is 494 g/mol. The molecular weight excluding hydrogens is 465 g/mol. The summed E-state index contributed by atoms with van der Waals surface area (Å²) >= 11 is 0. The normalized spacial score (nSPS) is 14.8. The summed E-state index contributed by atoms with van der Waals surface area (Å²) in [6.07, 6.45) is 4.19. The molecule has 8 heteroatoms. The molecule has 0 aliphatic carbocycles. The van der Waals surface area contributed by atoms with Crippen molar-refractivity contribution >= 4 is 27.7 Å². The molecule has 3 aromatic rings. The molecule has 1 aliphatic heterocycles. The smallest absolute Gasteiger partial charge is 0.264 e. The lowest BCUT2D eigenvalue weighted by molar-refractivity contribution is -0.131. The van der Waals surface area contributed by atoms with Crippen LogP contribution in [0.1, 0.15) is 5.56 Å². The zero-order valence-electron chi connectivity index (χ0n) is 19.3. The van der Waals surface area contributed by atoms with Crippen LogP contribution in [0.5, 0.6) is 0 Å². The molecular formula is C27H28FN3O3S. The lowest BCUT2D eigenvalue weighted by Crippen LogP contribution is -2.51. The number of nitrogens with zero attached hydrogens (tertiary/aromatic N) is 3. The van der Waals surface area contributed by atoms with Gasteiger partial charge in [0.2, 0.25) is 5.91 Å². The number of piperazine rings is 1. The lowest BCUT2D eigenvalue weighted by atomic mass is 10.2. The van der Waals surface area contributed by atoms with Crippen LogP contribution in [0.4, 0.5) is 10.1 Å². The minimum Gasteiger partial charge on any atom is -0.339 e. The van der Waals surface area contributed by atoms with Crippen LogP contribution >= 0.6 is 0 Å². The number of para-hydroxylation sites is 1. The molecule has 1 heterocycles.